The van der Waals surface area contributed by atoms with Crippen molar-refractivity contribution in [1.29, 1.82) is 0 Å². The summed E-state index contributed by atoms with van der Waals surface area (Å²) in [6.45, 7) is 5.63. The molecule has 0 aliphatic rings. The van der Waals surface area contributed by atoms with Crippen LogP contribution >= 0.6 is 11.6 Å². The highest BCUT2D eigenvalue weighted by atomic mass is 35.5. The number of hydrogen-bond donors (Lipinski definition) is 0. The zero-order valence-electron chi connectivity index (χ0n) is 9.88. The molecule has 0 saturated carbocycles. The van der Waals surface area contributed by atoms with Crippen LogP contribution in [0.4, 0.5) is 4.39 Å². The van der Waals surface area contributed by atoms with Gasteiger partial charge in [0.05, 0.1) is 5.69 Å². The Morgan fingerprint density at radius 3 is 2.47 bits per heavy atom. The lowest BCUT2D eigenvalue weighted by atomic mass is 10.0. The van der Waals surface area contributed by atoms with E-state index in [2.05, 4.69) is 10.2 Å². The van der Waals surface area contributed by atoms with Crippen molar-refractivity contribution in [1.82, 2.24) is 10.2 Å². The Morgan fingerprint density at radius 1 is 1.06 bits per heavy atom. The SMILES string of the molecule is Cc1ccc(F)c(-c2nnc(Cl)c(C)c2C)c1. The smallest absolute Gasteiger partial charge is 0.154 e. The molecule has 2 rings (SSSR count). The van der Waals surface area contributed by atoms with Crippen LogP contribution in [0.25, 0.3) is 11.3 Å². The maximum Gasteiger partial charge on any atom is 0.154 e. The molecule has 0 unspecified atom stereocenters. The van der Waals surface area contributed by atoms with E-state index in [1.807, 2.05) is 20.8 Å². The molecule has 0 aliphatic carbocycles. The molecule has 1 aromatic carbocycles. The summed E-state index contributed by atoms with van der Waals surface area (Å²) in [6, 6.07) is 4.93. The summed E-state index contributed by atoms with van der Waals surface area (Å²) in [5.41, 5.74) is 3.69. The monoisotopic (exact) mass is 250 g/mol. The van der Waals surface area contributed by atoms with Crippen LogP contribution < -0.4 is 0 Å². The van der Waals surface area contributed by atoms with Crippen LogP contribution in [0.2, 0.25) is 5.15 Å². The minimum absolute atomic E-state index is 0.297. The van der Waals surface area contributed by atoms with Gasteiger partial charge in [-0.1, -0.05) is 23.2 Å². The average molecular weight is 251 g/mol. The van der Waals surface area contributed by atoms with E-state index in [1.54, 1.807) is 12.1 Å². The fourth-order valence-corrected chi connectivity index (χ4v) is 1.83. The Hall–Kier alpha value is -1.48. The molecule has 2 aromatic rings. The maximum atomic E-state index is 13.8. The first-order valence-corrected chi connectivity index (χ1v) is 5.64. The zero-order valence-corrected chi connectivity index (χ0v) is 10.6. The minimum Gasteiger partial charge on any atom is -0.206 e. The zero-order chi connectivity index (χ0) is 12.6. The van der Waals surface area contributed by atoms with Gasteiger partial charge in [-0.15, -0.1) is 10.2 Å². The lowest BCUT2D eigenvalue weighted by molar-refractivity contribution is 0.629. The largest absolute Gasteiger partial charge is 0.206 e. The topological polar surface area (TPSA) is 25.8 Å². The van der Waals surface area contributed by atoms with E-state index in [1.165, 1.54) is 6.07 Å². The molecule has 0 N–H and O–H groups in total. The molecule has 0 amide bonds. The Bertz CT molecular complexity index is 582. The van der Waals surface area contributed by atoms with Crippen molar-refractivity contribution in [2.45, 2.75) is 20.8 Å². The van der Waals surface area contributed by atoms with E-state index in [0.29, 0.717) is 16.4 Å². The predicted octanol–water partition coefficient (Wildman–Crippen LogP) is 3.86. The molecule has 4 heteroatoms. The van der Waals surface area contributed by atoms with Gasteiger partial charge in [-0.05, 0) is 44.0 Å². The van der Waals surface area contributed by atoms with Gasteiger partial charge in [-0.25, -0.2) is 4.39 Å². The van der Waals surface area contributed by atoms with E-state index >= 15 is 0 Å². The third kappa shape index (κ3) is 2.15. The lowest BCUT2D eigenvalue weighted by Gasteiger charge is -2.09. The molecule has 0 aliphatic heterocycles. The third-order valence-corrected chi connectivity index (χ3v) is 3.20. The van der Waals surface area contributed by atoms with E-state index in [-0.39, 0.29) is 5.82 Å². The highest BCUT2D eigenvalue weighted by Crippen LogP contribution is 2.28. The number of rotatable bonds is 1. The summed E-state index contributed by atoms with van der Waals surface area (Å²) in [5, 5.41) is 8.18. The quantitative estimate of drug-likeness (QED) is 0.768. The summed E-state index contributed by atoms with van der Waals surface area (Å²) in [5.74, 6) is -0.297. The molecule has 88 valence electrons. The standard InChI is InChI=1S/C13H12ClFN2/c1-7-4-5-11(15)10(6-7)12-8(2)9(3)13(14)17-16-12/h4-6H,1-3H3. The maximum absolute atomic E-state index is 13.8. The van der Waals surface area contributed by atoms with Crippen molar-refractivity contribution in [3.05, 3.63) is 45.9 Å². The molecule has 2 nitrogen and oxygen atoms in total. The number of aromatic nitrogens is 2. The number of benzene rings is 1. The van der Waals surface area contributed by atoms with Gasteiger partial charge in [0.1, 0.15) is 5.82 Å². The van der Waals surface area contributed by atoms with Crippen LogP contribution in [0.3, 0.4) is 0 Å². The predicted molar refractivity (Wildman–Crippen MR) is 66.6 cm³/mol. The second-order valence-corrected chi connectivity index (χ2v) is 4.43. The lowest BCUT2D eigenvalue weighted by Crippen LogP contribution is -1.98. The van der Waals surface area contributed by atoms with Crippen LogP contribution in [-0.4, -0.2) is 10.2 Å². The molecular weight excluding hydrogens is 239 g/mol. The van der Waals surface area contributed by atoms with Gasteiger partial charge >= 0.3 is 0 Å². The Kier molecular flexibility index (Phi) is 3.11. The molecular formula is C13H12ClFN2. The summed E-state index contributed by atoms with van der Waals surface area (Å²) in [4.78, 5) is 0. The van der Waals surface area contributed by atoms with Crippen LogP contribution in [0.5, 0.6) is 0 Å². The molecule has 1 heterocycles. The van der Waals surface area contributed by atoms with Gasteiger partial charge in [-0.2, -0.15) is 0 Å². The Labute approximate surface area is 104 Å². The first kappa shape index (κ1) is 12.0. The average Bonchev–Trinajstić information content (AvgIpc) is 2.30. The Balaban J connectivity index is 2.69. The normalized spacial score (nSPS) is 10.6. The summed E-state index contributed by atoms with van der Waals surface area (Å²) in [6.07, 6.45) is 0. The number of nitrogens with zero attached hydrogens (tertiary/aromatic N) is 2. The summed E-state index contributed by atoms with van der Waals surface area (Å²) >= 11 is 5.88. The van der Waals surface area contributed by atoms with Crippen LogP contribution in [0, 0.1) is 26.6 Å². The van der Waals surface area contributed by atoms with E-state index in [4.69, 9.17) is 11.6 Å². The molecule has 1 aromatic heterocycles. The van der Waals surface area contributed by atoms with Gasteiger partial charge in [0.2, 0.25) is 0 Å². The van der Waals surface area contributed by atoms with Gasteiger partial charge in [0.25, 0.3) is 0 Å². The van der Waals surface area contributed by atoms with Gasteiger partial charge in [0.15, 0.2) is 5.15 Å². The van der Waals surface area contributed by atoms with Crippen LogP contribution in [0.15, 0.2) is 18.2 Å². The van der Waals surface area contributed by atoms with Crippen molar-refractivity contribution in [3.8, 4) is 11.3 Å². The molecule has 0 radical (unpaired) electrons. The third-order valence-electron chi connectivity index (χ3n) is 2.84. The van der Waals surface area contributed by atoms with Crippen molar-refractivity contribution >= 4 is 11.6 Å². The highest BCUT2D eigenvalue weighted by molar-refractivity contribution is 6.30. The second kappa shape index (κ2) is 4.41. The molecule has 17 heavy (non-hydrogen) atoms. The van der Waals surface area contributed by atoms with Gasteiger partial charge in [0, 0.05) is 5.56 Å². The molecule has 0 bridgehead atoms. The van der Waals surface area contributed by atoms with Crippen LogP contribution in [-0.2, 0) is 0 Å². The highest BCUT2D eigenvalue weighted by Gasteiger charge is 2.13. The molecule has 0 spiro atoms. The fourth-order valence-electron chi connectivity index (χ4n) is 1.65. The first-order chi connectivity index (χ1) is 8.00. The fraction of sp³-hybridized carbons (Fsp3) is 0.231. The number of halogens is 2. The van der Waals surface area contributed by atoms with E-state index in [0.717, 1.165) is 16.7 Å². The Morgan fingerprint density at radius 2 is 1.76 bits per heavy atom. The summed E-state index contributed by atoms with van der Waals surface area (Å²) in [7, 11) is 0. The molecule has 0 fully saturated rings. The van der Waals surface area contributed by atoms with E-state index < -0.39 is 0 Å². The number of aryl methyl sites for hydroxylation is 1. The van der Waals surface area contributed by atoms with Crippen molar-refractivity contribution < 1.29 is 4.39 Å². The van der Waals surface area contributed by atoms with Crippen molar-refractivity contribution in [2.24, 2.45) is 0 Å². The first-order valence-electron chi connectivity index (χ1n) is 5.26. The number of hydrogen-bond acceptors (Lipinski definition) is 2. The van der Waals surface area contributed by atoms with Crippen molar-refractivity contribution in [3.63, 3.8) is 0 Å². The van der Waals surface area contributed by atoms with Crippen LogP contribution in [0.1, 0.15) is 16.7 Å². The van der Waals surface area contributed by atoms with Gasteiger partial charge < -0.3 is 0 Å². The molecule has 0 atom stereocenters. The molecule has 0 saturated heterocycles. The summed E-state index contributed by atoms with van der Waals surface area (Å²) < 4.78 is 13.8. The van der Waals surface area contributed by atoms with Crippen molar-refractivity contribution in [2.75, 3.05) is 0 Å². The van der Waals surface area contributed by atoms with E-state index in [9.17, 15) is 4.39 Å². The van der Waals surface area contributed by atoms with Gasteiger partial charge in [-0.3, -0.25) is 0 Å². The minimum atomic E-state index is -0.297. The second-order valence-electron chi connectivity index (χ2n) is 4.07.